The zero-order valence-electron chi connectivity index (χ0n) is 11.4. The van der Waals surface area contributed by atoms with Gasteiger partial charge in [-0.2, -0.15) is 0 Å². The molecular formula is C14H16FN3OS. The van der Waals surface area contributed by atoms with Crippen LogP contribution in [0.2, 0.25) is 0 Å². The molecular weight excluding hydrogens is 277 g/mol. The van der Waals surface area contributed by atoms with Crippen LogP contribution in [0.15, 0.2) is 29.6 Å². The lowest BCUT2D eigenvalue weighted by Gasteiger charge is -2.20. The summed E-state index contributed by atoms with van der Waals surface area (Å²) in [5.74, 6) is -0.297. The molecule has 0 atom stereocenters. The molecule has 0 saturated carbocycles. The van der Waals surface area contributed by atoms with Crippen LogP contribution in [0.3, 0.4) is 0 Å². The molecule has 0 aliphatic carbocycles. The van der Waals surface area contributed by atoms with Crippen molar-refractivity contribution in [1.82, 2.24) is 9.88 Å². The second-order valence-corrected chi connectivity index (χ2v) is 5.23. The number of thiazole rings is 1. The van der Waals surface area contributed by atoms with E-state index < -0.39 is 0 Å². The summed E-state index contributed by atoms with van der Waals surface area (Å²) >= 11 is 1.38. The van der Waals surface area contributed by atoms with Crippen molar-refractivity contribution in [2.75, 3.05) is 11.9 Å². The summed E-state index contributed by atoms with van der Waals surface area (Å²) in [5.41, 5.74) is 1.63. The maximum atomic E-state index is 13.1. The minimum absolute atomic E-state index is 0.230. The largest absolute Gasteiger partial charge is 0.323 e. The minimum Gasteiger partial charge on any atom is -0.320 e. The van der Waals surface area contributed by atoms with E-state index in [1.54, 1.807) is 17.0 Å². The van der Waals surface area contributed by atoms with Crippen molar-refractivity contribution in [1.29, 1.82) is 0 Å². The van der Waals surface area contributed by atoms with Crippen molar-refractivity contribution in [3.63, 3.8) is 0 Å². The van der Waals surface area contributed by atoms with Crippen LogP contribution >= 0.6 is 11.3 Å². The molecule has 0 saturated heterocycles. The molecule has 0 bridgehead atoms. The molecule has 20 heavy (non-hydrogen) atoms. The van der Waals surface area contributed by atoms with Crippen molar-refractivity contribution >= 4 is 22.5 Å². The summed E-state index contributed by atoms with van der Waals surface area (Å²) in [6.07, 6.45) is 0. The van der Waals surface area contributed by atoms with E-state index in [0.717, 1.165) is 11.3 Å². The molecule has 0 unspecified atom stereocenters. The topological polar surface area (TPSA) is 45.2 Å². The maximum Gasteiger partial charge on any atom is 0.323 e. The van der Waals surface area contributed by atoms with E-state index in [-0.39, 0.29) is 11.8 Å². The average Bonchev–Trinajstić information content (AvgIpc) is 2.81. The number of anilines is 1. The van der Waals surface area contributed by atoms with Gasteiger partial charge in [-0.1, -0.05) is 12.1 Å². The highest BCUT2D eigenvalue weighted by molar-refractivity contribution is 7.13. The highest BCUT2D eigenvalue weighted by atomic mass is 32.1. The molecule has 0 aliphatic heterocycles. The summed E-state index contributed by atoms with van der Waals surface area (Å²) < 4.78 is 13.1. The van der Waals surface area contributed by atoms with Gasteiger partial charge >= 0.3 is 6.03 Å². The number of hydrogen-bond acceptors (Lipinski definition) is 3. The summed E-state index contributed by atoms with van der Waals surface area (Å²) in [6.45, 7) is 4.65. The van der Waals surface area contributed by atoms with E-state index >= 15 is 0 Å². The van der Waals surface area contributed by atoms with Gasteiger partial charge in [0.05, 0.1) is 5.69 Å². The van der Waals surface area contributed by atoms with Crippen molar-refractivity contribution in [2.24, 2.45) is 0 Å². The van der Waals surface area contributed by atoms with Crippen LogP contribution in [0.5, 0.6) is 0 Å². The van der Waals surface area contributed by atoms with Gasteiger partial charge in [-0.15, -0.1) is 11.3 Å². The monoisotopic (exact) mass is 293 g/mol. The number of halogens is 1. The number of hydrogen-bond donors (Lipinski definition) is 1. The standard InChI is InChI=1S/C14H16FN3OS/c1-3-18(8-11-5-4-6-12(15)7-11)14(19)17-13-16-10(2)9-20-13/h4-7,9H,3,8H2,1-2H3,(H,16,17,19). The third-order valence-electron chi connectivity index (χ3n) is 2.76. The van der Waals surface area contributed by atoms with E-state index in [4.69, 9.17) is 0 Å². The number of urea groups is 1. The lowest BCUT2D eigenvalue weighted by atomic mass is 10.2. The van der Waals surface area contributed by atoms with Crippen LogP contribution in [0.25, 0.3) is 0 Å². The Morgan fingerprint density at radius 1 is 1.50 bits per heavy atom. The molecule has 2 rings (SSSR count). The van der Waals surface area contributed by atoms with Gasteiger partial charge in [0.25, 0.3) is 0 Å². The lowest BCUT2D eigenvalue weighted by molar-refractivity contribution is 0.212. The number of nitrogens with one attached hydrogen (secondary N) is 1. The summed E-state index contributed by atoms with van der Waals surface area (Å²) in [6, 6.07) is 6.03. The number of carbonyl (C=O) groups is 1. The number of carbonyl (C=O) groups excluding carboxylic acids is 1. The fourth-order valence-electron chi connectivity index (χ4n) is 1.76. The zero-order chi connectivity index (χ0) is 14.5. The molecule has 4 nitrogen and oxygen atoms in total. The van der Waals surface area contributed by atoms with E-state index in [1.807, 2.05) is 19.2 Å². The van der Waals surface area contributed by atoms with Crippen molar-refractivity contribution < 1.29 is 9.18 Å². The molecule has 2 amide bonds. The summed E-state index contributed by atoms with van der Waals surface area (Å²) in [7, 11) is 0. The first-order valence-corrected chi connectivity index (χ1v) is 7.19. The fraction of sp³-hybridized carbons (Fsp3) is 0.286. The molecule has 1 aromatic heterocycles. The Balaban J connectivity index is 2.02. The van der Waals surface area contributed by atoms with Crippen LogP contribution in [0.4, 0.5) is 14.3 Å². The van der Waals surface area contributed by atoms with Gasteiger partial charge in [0.15, 0.2) is 5.13 Å². The Hall–Kier alpha value is -1.95. The van der Waals surface area contributed by atoms with Crippen LogP contribution < -0.4 is 5.32 Å². The number of benzene rings is 1. The predicted octanol–water partition coefficient (Wildman–Crippen LogP) is 3.64. The predicted molar refractivity (Wildman–Crippen MR) is 78.4 cm³/mol. The smallest absolute Gasteiger partial charge is 0.320 e. The van der Waals surface area contributed by atoms with Gasteiger partial charge in [-0.05, 0) is 31.5 Å². The Morgan fingerprint density at radius 3 is 2.90 bits per heavy atom. The highest BCUT2D eigenvalue weighted by Crippen LogP contribution is 2.16. The van der Waals surface area contributed by atoms with E-state index in [0.29, 0.717) is 18.2 Å². The van der Waals surface area contributed by atoms with Gasteiger partial charge in [0, 0.05) is 18.5 Å². The SMILES string of the molecule is CCN(Cc1cccc(F)c1)C(=O)Nc1nc(C)cs1. The molecule has 1 aromatic carbocycles. The van der Waals surface area contributed by atoms with Crippen LogP contribution in [0, 0.1) is 12.7 Å². The third-order valence-corrected chi connectivity index (χ3v) is 3.64. The first-order chi connectivity index (χ1) is 9.58. The summed E-state index contributed by atoms with van der Waals surface area (Å²) in [4.78, 5) is 17.9. The van der Waals surface area contributed by atoms with Crippen molar-refractivity contribution in [2.45, 2.75) is 20.4 Å². The number of nitrogens with zero attached hydrogens (tertiary/aromatic N) is 2. The van der Waals surface area contributed by atoms with Gasteiger partial charge in [-0.25, -0.2) is 14.2 Å². The normalized spacial score (nSPS) is 10.3. The molecule has 2 aromatic rings. The molecule has 0 fully saturated rings. The number of aromatic nitrogens is 1. The number of aryl methyl sites for hydroxylation is 1. The van der Waals surface area contributed by atoms with Crippen molar-refractivity contribution in [3.05, 3.63) is 46.7 Å². The third kappa shape index (κ3) is 3.77. The van der Waals surface area contributed by atoms with Gasteiger partial charge in [0.1, 0.15) is 5.82 Å². The Bertz CT molecular complexity index is 600. The Labute approximate surface area is 121 Å². The van der Waals surface area contributed by atoms with Crippen LogP contribution in [-0.2, 0) is 6.54 Å². The van der Waals surface area contributed by atoms with Gasteiger partial charge < -0.3 is 4.90 Å². The molecule has 0 spiro atoms. The quantitative estimate of drug-likeness (QED) is 0.935. The first-order valence-electron chi connectivity index (χ1n) is 6.31. The summed E-state index contributed by atoms with van der Waals surface area (Å²) in [5, 5.41) is 5.20. The lowest BCUT2D eigenvalue weighted by Crippen LogP contribution is -2.34. The number of amides is 2. The molecule has 6 heteroatoms. The second-order valence-electron chi connectivity index (χ2n) is 4.37. The maximum absolute atomic E-state index is 13.1. The van der Waals surface area contributed by atoms with Crippen LogP contribution in [-0.4, -0.2) is 22.5 Å². The molecule has 1 N–H and O–H groups in total. The molecule has 1 heterocycles. The van der Waals surface area contributed by atoms with Gasteiger partial charge in [-0.3, -0.25) is 5.32 Å². The van der Waals surface area contributed by atoms with Crippen molar-refractivity contribution in [3.8, 4) is 0 Å². The second kappa shape index (κ2) is 6.47. The minimum atomic E-state index is -0.297. The van der Waals surface area contributed by atoms with Gasteiger partial charge in [0.2, 0.25) is 0 Å². The molecule has 106 valence electrons. The molecule has 0 aliphatic rings. The zero-order valence-corrected chi connectivity index (χ0v) is 12.2. The van der Waals surface area contributed by atoms with Crippen LogP contribution in [0.1, 0.15) is 18.2 Å². The fourth-order valence-corrected chi connectivity index (χ4v) is 2.44. The average molecular weight is 293 g/mol. The Kier molecular flexibility index (Phi) is 4.68. The van der Waals surface area contributed by atoms with E-state index in [2.05, 4.69) is 10.3 Å². The first kappa shape index (κ1) is 14.5. The van der Waals surface area contributed by atoms with E-state index in [1.165, 1.54) is 23.5 Å². The molecule has 0 radical (unpaired) electrons. The number of rotatable bonds is 4. The Morgan fingerprint density at radius 2 is 2.30 bits per heavy atom. The van der Waals surface area contributed by atoms with E-state index in [9.17, 15) is 9.18 Å². The highest BCUT2D eigenvalue weighted by Gasteiger charge is 2.13.